The third kappa shape index (κ3) is 3.12. The summed E-state index contributed by atoms with van der Waals surface area (Å²) in [7, 11) is -3.70. The number of aromatic nitrogens is 2. The van der Waals surface area contributed by atoms with E-state index in [0.29, 0.717) is 6.54 Å². The second-order valence-electron chi connectivity index (χ2n) is 4.39. The predicted octanol–water partition coefficient (Wildman–Crippen LogP) is 1.29. The highest BCUT2D eigenvalue weighted by Gasteiger charge is 2.12. The average Bonchev–Trinajstić information content (AvgIpc) is 2.82. The van der Waals surface area contributed by atoms with E-state index in [1.807, 2.05) is 19.9 Å². The molecule has 1 aromatic heterocycles. The fourth-order valence-corrected chi connectivity index (χ4v) is 2.37. The molecule has 7 heteroatoms. The SMILES string of the molecule is Cc1cc(S(N)(=O)=O)cc(NCc2ccn[nH]2)c1C. The van der Waals surface area contributed by atoms with Crippen molar-refractivity contribution in [3.05, 3.63) is 41.2 Å². The number of hydrogen-bond donors (Lipinski definition) is 3. The zero-order valence-corrected chi connectivity index (χ0v) is 11.6. The monoisotopic (exact) mass is 280 g/mol. The molecule has 0 saturated heterocycles. The highest BCUT2D eigenvalue weighted by molar-refractivity contribution is 7.89. The molecule has 2 aromatic rings. The number of nitrogens with zero attached hydrogens (tertiary/aromatic N) is 1. The number of hydrogen-bond acceptors (Lipinski definition) is 4. The van der Waals surface area contributed by atoms with Gasteiger partial charge in [0.2, 0.25) is 10.0 Å². The molecular weight excluding hydrogens is 264 g/mol. The van der Waals surface area contributed by atoms with Gasteiger partial charge in [0.05, 0.1) is 17.1 Å². The van der Waals surface area contributed by atoms with Crippen molar-refractivity contribution in [3.63, 3.8) is 0 Å². The van der Waals surface area contributed by atoms with Crippen LogP contribution in [-0.2, 0) is 16.6 Å². The number of anilines is 1. The van der Waals surface area contributed by atoms with Gasteiger partial charge in [-0.1, -0.05) is 0 Å². The van der Waals surface area contributed by atoms with Crippen LogP contribution in [0.25, 0.3) is 0 Å². The maximum absolute atomic E-state index is 11.4. The van der Waals surface area contributed by atoms with E-state index in [0.717, 1.165) is 22.5 Å². The van der Waals surface area contributed by atoms with Crippen molar-refractivity contribution >= 4 is 15.7 Å². The van der Waals surface area contributed by atoms with E-state index in [4.69, 9.17) is 5.14 Å². The first-order chi connectivity index (χ1) is 8.88. The fraction of sp³-hybridized carbons (Fsp3) is 0.250. The molecule has 0 saturated carbocycles. The first-order valence-corrected chi connectivity index (χ1v) is 7.29. The minimum atomic E-state index is -3.70. The second kappa shape index (κ2) is 5.02. The van der Waals surface area contributed by atoms with Crippen LogP contribution < -0.4 is 10.5 Å². The summed E-state index contributed by atoms with van der Waals surface area (Å²) < 4.78 is 22.8. The van der Waals surface area contributed by atoms with Gasteiger partial charge in [0.15, 0.2) is 0 Å². The number of H-pyrrole nitrogens is 1. The molecule has 0 amide bonds. The molecule has 0 aliphatic rings. The minimum Gasteiger partial charge on any atom is -0.379 e. The van der Waals surface area contributed by atoms with Gasteiger partial charge in [-0.3, -0.25) is 5.10 Å². The van der Waals surface area contributed by atoms with Crippen molar-refractivity contribution in [2.45, 2.75) is 25.3 Å². The van der Waals surface area contributed by atoms with Crippen LogP contribution in [-0.4, -0.2) is 18.6 Å². The lowest BCUT2D eigenvalue weighted by atomic mass is 10.1. The smallest absolute Gasteiger partial charge is 0.238 e. The molecule has 4 N–H and O–H groups in total. The molecule has 0 spiro atoms. The summed E-state index contributed by atoms with van der Waals surface area (Å²) in [4.78, 5) is 0.114. The highest BCUT2D eigenvalue weighted by atomic mass is 32.2. The minimum absolute atomic E-state index is 0.114. The molecule has 0 radical (unpaired) electrons. The van der Waals surface area contributed by atoms with Gasteiger partial charge in [-0.2, -0.15) is 5.10 Å². The summed E-state index contributed by atoms with van der Waals surface area (Å²) in [5.74, 6) is 0. The van der Waals surface area contributed by atoms with Gasteiger partial charge in [-0.25, -0.2) is 13.6 Å². The zero-order valence-electron chi connectivity index (χ0n) is 10.8. The Labute approximate surface area is 112 Å². The summed E-state index contributed by atoms with van der Waals surface area (Å²) in [6.45, 7) is 4.32. The number of nitrogens with two attached hydrogens (primary N) is 1. The van der Waals surface area contributed by atoms with Crippen LogP contribution in [0.3, 0.4) is 0 Å². The Balaban J connectivity index is 2.31. The Morgan fingerprint density at radius 3 is 2.68 bits per heavy atom. The van der Waals surface area contributed by atoms with E-state index in [9.17, 15) is 8.42 Å². The molecule has 0 fully saturated rings. The Morgan fingerprint density at radius 2 is 2.11 bits per heavy atom. The zero-order chi connectivity index (χ0) is 14.0. The summed E-state index contributed by atoms with van der Waals surface area (Å²) in [5.41, 5.74) is 3.53. The van der Waals surface area contributed by atoms with Crippen LogP contribution in [0.2, 0.25) is 0 Å². The molecule has 0 aliphatic carbocycles. The number of benzene rings is 1. The van der Waals surface area contributed by atoms with Gasteiger partial charge in [0.1, 0.15) is 0 Å². The normalized spacial score (nSPS) is 11.5. The topological polar surface area (TPSA) is 101 Å². The van der Waals surface area contributed by atoms with Crippen LogP contribution in [0.5, 0.6) is 0 Å². The van der Waals surface area contributed by atoms with E-state index in [2.05, 4.69) is 15.5 Å². The molecule has 6 nitrogen and oxygen atoms in total. The van der Waals surface area contributed by atoms with Crippen molar-refractivity contribution in [1.29, 1.82) is 0 Å². The number of sulfonamides is 1. The second-order valence-corrected chi connectivity index (χ2v) is 5.95. The summed E-state index contributed by atoms with van der Waals surface area (Å²) in [6.07, 6.45) is 1.66. The van der Waals surface area contributed by atoms with Crippen molar-refractivity contribution in [3.8, 4) is 0 Å². The summed E-state index contributed by atoms with van der Waals surface area (Å²) in [6, 6.07) is 4.97. The number of rotatable bonds is 4. The number of nitrogens with one attached hydrogen (secondary N) is 2. The van der Waals surface area contributed by atoms with Gasteiger partial charge < -0.3 is 5.32 Å². The van der Waals surface area contributed by atoms with Gasteiger partial charge in [-0.15, -0.1) is 0 Å². The first-order valence-electron chi connectivity index (χ1n) is 5.74. The van der Waals surface area contributed by atoms with E-state index in [1.165, 1.54) is 0 Å². The first kappa shape index (κ1) is 13.6. The molecule has 1 heterocycles. The quantitative estimate of drug-likeness (QED) is 0.785. The predicted molar refractivity (Wildman–Crippen MR) is 73.2 cm³/mol. The maximum atomic E-state index is 11.4. The lowest BCUT2D eigenvalue weighted by molar-refractivity contribution is 0.597. The molecule has 102 valence electrons. The third-order valence-corrected chi connectivity index (χ3v) is 3.89. The van der Waals surface area contributed by atoms with E-state index in [1.54, 1.807) is 18.3 Å². The Morgan fingerprint density at radius 1 is 1.37 bits per heavy atom. The highest BCUT2D eigenvalue weighted by Crippen LogP contribution is 2.23. The molecule has 0 aliphatic heterocycles. The maximum Gasteiger partial charge on any atom is 0.238 e. The Kier molecular flexibility index (Phi) is 3.59. The molecule has 2 rings (SSSR count). The lowest BCUT2D eigenvalue weighted by Gasteiger charge is -2.13. The summed E-state index contributed by atoms with van der Waals surface area (Å²) in [5, 5.41) is 15.0. The molecular formula is C12H16N4O2S. The van der Waals surface area contributed by atoms with Crippen LogP contribution in [0.15, 0.2) is 29.3 Å². The Hall–Kier alpha value is -1.86. The van der Waals surface area contributed by atoms with Gasteiger partial charge in [0.25, 0.3) is 0 Å². The number of aromatic amines is 1. The van der Waals surface area contributed by atoms with Crippen LogP contribution >= 0.6 is 0 Å². The van der Waals surface area contributed by atoms with Crippen LogP contribution in [0.1, 0.15) is 16.8 Å². The molecule has 0 atom stereocenters. The lowest BCUT2D eigenvalue weighted by Crippen LogP contribution is -2.13. The van der Waals surface area contributed by atoms with E-state index < -0.39 is 10.0 Å². The Bertz CT molecular complexity index is 678. The standard InChI is InChI=1S/C12H16N4O2S/c1-8-5-11(19(13,17)18)6-12(9(8)2)14-7-10-3-4-15-16-10/h3-6,14H,7H2,1-2H3,(H,15,16)(H2,13,17,18). The van der Waals surface area contributed by atoms with Crippen LogP contribution in [0.4, 0.5) is 5.69 Å². The number of primary sulfonamides is 1. The van der Waals surface area contributed by atoms with Crippen LogP contribution in [0, 0.1) is 13.8 Å². The van der Waals surface area contributed by atoms with Gasteiger partial charge in [-0.05, 0) is 43.2 Å². The molecule has 0 unspecified atom stereocenters. The van der Waals surface area contributed by atoms with Crippen molar-refractivity contribution < 1.29 is 8.42 Å². The van der Waals surface area contributed by atoms with E-state index in [-0.39, 0.29) is 4.90 Å². The third-order valence-electron chi connectivity index (χ3n) is 3.00. The molecule has 0 bridgehead atoms. The van der Waals surface area contributed by atoms with Crippen molar-refractivity contribution in [2.24, 2.45) is 5.14 Å². The van der Waals surface area contributed by atoms with Gasteiger partial charge in [0, 0.05) is 11.9 Å². The van der Waals surface area contributed by atoms with Crippen molar-refractivity contribution in [2.75, 3.05) is 5.32 Å². The largest absolute Gasteiger partial charge is 0.379 e. The van der Waals surface area contributed by atoms with Crippen molar-refractivity contribution in [1.82, 2.24) is 10.2 Å². The summed E-state index contributed by atoms with van der Waals surface area (Å²) >= 11 is 0. The number of aryl methyl sites for hydroxylation is 1. The molecule has 1 aromatic carbocycles. The van der Waals surface area contributed by atoms with Gasteiger partial charge >= 0.3 is 0 Å². The average molecular weight is 280 g/mol. The fourth-order valence-electron chi connectivity index (χ4n) is 1.75. The van der Waals surface area contributed by atoms with E-state index >= 15 is 0 Å². The molecule has 19 heavy (non-hydrogen) atoms.